The number of aromatic nitrogens is 1. The first-order chi connectivity index (χ1) is 13.9. The Labute approximate surface area is 171 Å². The first kappa shape index (κ1) is 19.7. The summed E-state index contributed by atoms with van der Waals surface area (Å²) in [4.78, 5) is 30.7. The summed E-state index contributed by atoms with van der Waals surface area (Å²) >= 11 is 0. The van der Waals surface area contributed by atoms with Crippen molar-refractivity contribution in [2.75, 3.05) is 32.2 Å². The van der Waals surface area contributed by atoms with Gasteiger partial charge in [0.25, 0.3) is 0 Å². The van der Waals surface area contributed by atoms with E-state index in [0.29, 0.717) is 29.7 Å². The van der Waals surface area contributed by atoms with E-state index < -0.39 is 5.97 Å². The van der Waals surface area contributed by atoms with E-state index in [1.165, 1.54) is 0 Å². The van der Waals surface area contributed by atoms with Gasteiger partial charge in [0.2, 0.25) is 0 Å². The largest absolute Gasteiger partial charge is 0.458 e. The first-order valence-corrected chi connectivity index (χ1v) is 10.2. The number of ketones is 1. The number of aromatic amines is 1. The molecule has 2 aliphatic rings. The number of hydrogen-bond acceptors (Lipinski definition) is 5. The summed E-state index contributed by atoms with van der Waals surface area (Å²) in [6.45, 7) is 2.81. The fraction of sp³-hybridized carbons (Fsp3) is 0.478. The van der Waals surface area contributed by atoms with E-state index in [0.717, 1.165) is 36.4 Å². The number of fused-ring (bicyclic) bond motifs is 1. The first-order valence-electron chi connectivity index (χ1n) is 10.2. The zero-order valence-electron chi connectivity index (χ0n) is 17.3. The quantitative estimate of drug-likeness (QED) is 0.782. The molecule has 1 aromatic heterocycles. The molecule has 6 heteroatoms. The number of carbonyl (C=O) groups is 2. The van der Waals surface area contributed by atoms with Crippen LogP contribution in [0, 0.1) is 6.92 Å². The number of anilines is 1. The van der Waals surface area contributed by atoms with Crippen LogP contribution in [-0.2, 0) is 15.9 Å². The molecule has 1 aromatic carbocycles. The molecule has 2 heterocycles. The molecule has 2 atom stereocenters. The van der Waals surface area contributed by atoms with Gasteiger partial charge in [0, 0.05) is 44.1 Å². The summed E-state index contributed by atoms with van der Waals surface area (Å²) in [5.41, 5.74) is 4.86. The summed E-state index contributed by atoms with van der Waals surface area (Å²) in [5, 5.41) is 0. The molecule has 1 aliphatic carbocycles. The van der Waals surface area contributed by atoms with Crippen LogP contribution in [0.3, 0.4) is 0 Å². The van der Waals surface area contributed by atoms with E-state index in [2.05, 4.69) is 34.1 Å². The second-order valence-electron chi connectivity index (χ2n) is 8.23. The van der Waals surface area contributed by atoms with Crippen LogP contribution in [0.2, 0.25) is 0 Å². The number of nitrogens with one attached hydrogen (secondary N) is 1. The number of ether oxygens (including phenoxy) is 2. The average molecular weight is 396 g/mol. The van der Waals surface area contributed by atoms with Gasteiger partial charge in [-0.3, -0.25) is 4.79 Å². The van der Waals surface area contributed by atoms with Crippen LogP contribution in [0.5, 0.6) is 0 Å². The third kappa shape index (κ3) is 3.94. The Morgan fingerprint density at radius 2 is 2.00 bits per heavy atom. The van der Waals surface area contributed by atoms with Crippen molar-refractivity contribution in [1.82, 2.24) is 4.98 Å². The highest BCUT2D eigenvalue weighted by Gasteiger charge is 2.32. The molecule has 6 nitrogen and oxygen atoms in total. The Kier molecular flexibility index (Phi) is 5.46. The van der Waals surface area contributed by atoms with Gasteiger partial charge >= 0.3 is 5.97 Å². The van der Waals surface area contributed by atoms with Crippen LogP contribution in [-0.4, -0.2) is 50.1 Å². The van der Waals surface area contributed by atoms with Crippen molar-refractivity contribution in [3.8, 4) is 0 Å². The maximum Gasteiger partial charge on any atom is 0.355 e. The van der Waals surface area contributed by atoms with Crippen LogP contribution in [0.1, 0.15) is 62.8 Å². The topological polar surface area (TPSA) is 71.6 Å². The molecule has 0 spiro atoms. The molecule has 1 fully saturated rings. The van der Waals surface area contributed by atoms with Crippen molar-refractivity contribution in [2.45, 2.75) is 44.6 Å². The summed E-state index contributed by atoms with van der Waals surface area (Å²) in [7, 11) is 4.01. The van der Waals surface area contributed by atoms with Gasteiger partial charge in [0.05, 0.1) is 6.10 Å². The van der Waals surface area contributed by atoms with Crippen LogP contribution in [0.4, 0.5) is 5.69 Å². The molecule has 0 amide bonds. The van der Waals surface area contributed by atoms with Crippen molar-refractivity contribution >= 4 is 17.4 Å². The minimum atomic E-state index is -0.410. The molecule has 0 saturated carbocycles. The van der Waals surface area contributed by atoms with Gasteiger partial charge in [0.15, 0.2) is 5.78 Å². The highest BCUT2D eigenvalue weighted by Crippen LogP contribution is 2.35. The lowest BCUT2D eigenvalue weighted by Gasteiger charge is -2.23. The van der Waals surface area contributed by atoms with E-state index in [1.54, 1.807) is 0 Å². The van der Waals surface area contributed by atoms with Crippen molar-refractivity contribution < 1.29 is 19.1 Å². The molecular formula is C23H28N2O4. The third-order valence-electron chi connectivity index (χ3n) is 6.00. The van der Waals surface area contributed by atoms with Gasteiger partial charge in [-0.25, -0.2) is 4.79 Å². The van der Waals surface area contributed by atoms with E-state index in [4.69, 9.17) is 9.47 Å². The Bertz CT molecular complexity index is 908. The molecule has 29 heavy (non-hydrogen) atoms. The van der Waals surface area contributed by atoms with Gasteiger partial charge in [-0.1, -0.05) is 12.1 Å². The predicted molar refractivity (Wildman–Crippen MR) is 111 cm³/mol. The lowest BCUT2D eigenvalue weighted by atomic mass is 9.81. The second kappa shape index (κ2) is 8.03. The number of hydrogen-bond donors (Lipinski definition) is 1. The van der Waals surface area contributed by atoms with Crippen LogP contribution in [0.25, 0.3) is 0 Å². The zero-order chi connectivity index (χ0) is 20.5. The minimum absolute atomic E-state index is 0.0139. The van der Waals surface area contributed by atoms with Crippen molar-refractivity contribution in [3.63, 3.8) is 0 Å². The number of esters is 1. The smallest absolute Gasteiger partial charge is 0.355 e. The SMILES string of the molecule is Cc1c(C(=O)OC[C@H]2CCCO2)[nH]c2c1C(=O)C[C@@H](c1ccc(N(C)C)cc1)C2. The average Bonchev–Trinajstić information content (AvgIpc) is 3.34. The molecule has 0 radical (unpaired) electrons. The molecule has 1 aliphatic heterocycles. The summed E-state index contributed by atoms with van der Waals surface area (Å²) in [6.07, 6.45) is 3.07. The predicted octanol–water partition coefficient (Wildman–Crippen LogP) is 3.64. The zero-order valence-corrected chi connectivity index (χ0v) is 17.3. The molecular weight excluding hydrogens is 368 g/mol. The maximum absolute atomic E-state index is 12.9. The summed E-state index contributed by atoms with van der Waals surface area (Å²) in [5.74, 6) is -0.216. The number of Topliss-reactive ketones (excluding diaryl/α,β-unsaturated/α-hetero) is 1. The van der Waals surface area contributed by atoms with Crippen LogP contribution in [0.15, 0.2) is 24.3 Å². The van der Waals surface area contributed by atoms with Gasteiger partial charge < -0.3 is 19.4 Å². The van der Waals surface area contributed by atoms with Crippen molar-refractivity contribution in [2.24, 2.45) is 0 Å². The highest BCUT2D eigenvalue weighted by molar-refractivity contribution is 6.03. The fourth-order valence-corrected chi connectivity index (χ4v) is 4.33. The number of carbonyl (C=O) groups excluding carboxylic acids is 2. The second-order valence-corrected chi connectivity index (χ2v) is 8.23. The van der Waals surface area contributed by atoms with Crippen LogP contribution < -0.4 is 4.90 Å². The molecule has 0 unspecified atom stereocenters. The summed E-state index contributed by atoms with van der Waals surface area (Å²) in [6, 6.07) is 8.32. The Hall–Kier alpha value is -2.60. The van der Waals surface area contributed by atoms with E-state index >= 15 is 0 Å². The molecule has 4 rings (SSSR count). The molecule has 2 aromatic rings. The molecule has 1 N–H and O–H groups in total. The Morgan fingerprint density at radius 3 is 2.66 bits per heavy atom. The standard InChI is InChI=1S/C23H28N2O4/c1-14-21-19(24-22(14)23(27)29-13-18-5-4-10-28-18)11-16(12-20(21)26)15-6-8-17(9-7-15)25(2)3/h6-9,16,18,24H,4-5,10-13H2,1-3H3/t16-,18+/m0/s1. The van der Waals surface area contributed by atoms with Gasteiger partial charge in [-0.05, 0) is 55.4 Å². The van der Waals surface area contributed by atoms with E-state index in [9.17, 15) is 9.59 Å². The minimum Gasteiger partial charge on any atom is -0.458 e. The molecule has 0 bridgehead atoms. The molecule has 1 saturated heterocycles. The number of nitrogens with zero attached hydrogens (tertiary/aromatic N) is 1. The van der Waals surface area contributed by atoms with Crippen molar-refractivity contribution in [3.05, 3.63) is 52.3 Å². The van der Waals surface area contributed by atoms with Crippen molar-refractivity contribution in [1.29, 1.82) is 0 Å². The summed E-state index contributed by atoms with van der Waals surface area (Å²) < 4.78 is 11.0. The maximum atomic E-state index is 12.9. The Balaban J connectivity index is 1.51. The normalized spacial score (nSPS) is 21.1. The Morgan fingerprint density at radius 1 is 1.24 bits per heavy atom. The molecule has 154 valence electrons. The monoisotopic (exact) mass is 396 g/mol. The lowest BCUT2D eigenvalue weighted by Crippen LogP contribution is -2.19. The van der Waals surface area contributed by atoms with E-state index in [1.807, 2.05) is 21.0 Å². The fourth-order valence-electron chi connectivity index (χ4n) is 4.33. The van der Waals surface area contributed by atoms with Gasteiger partial charge in [0.1, 0.15) is 12.3 Å². The van der Waals surface area contributed by atoms with Gasteiger partial charge in [-0.2, -0.15) is 0 Å². The number of benzene rings is 1. The van der Waals surface area contributed by atoms with Gasteiger partial charge in [-0.15, -0.1) is 0 Å². The number of H-pyrrole nitrogens is 1. The van der Waals surface area contributed by atoms with Crippen LogP contribution >= 0.6 is 0 Å². The van der Waals surface area contributed by atoms with E-state index in [-0.39, 0.29) is 24.4 Å². The lowest BCUT2D eigenvalue weighted by molar-refractivity contribution is 0.0156. The highest BCUT2D eigenvalue weighted by atomic mass is 16.6. The third-order valence-corrected chi connectivity index (χ3v) is 6.00. The number of rotatable bonds is 5.